The number of pyridine rings is 1. The van der Waals surface area contributed by atoms with Crippen molar-refractivity contribution in [2.45, 2.75) is 25.3 Å². The van der Waals surface area contributed by atoms with E-state index >= 15 is 0 Å². The van der Waals surface area contributed by atoms with Gasteiger partial charge in [0, 0.05) is 46.5 Å². The zero-order valence-corrected chi connectivity index (χ0v) is 20.5. The van der Waals surface area contributed by atoms with Gasteiger partial charge in [-0.1, -0.05) is 29.8 Å². The molecule has 0 atom stereocenters. The molecule has 0 unspecified atom stereocenters. The number of piperidine rings is 1. The van der Waals surface area contributed by atoms with Crippen LogP contribution in [0, 0.1) is 5.82 Å². The van der Waals surface area contributed by atoms with Crippen LogP contribution in [0.4, 0.5) is 10.1 Å². The lowest BCUT2D eigenvalue weighted by Gasteiger charge is -2.30. The van der Waals surface area contributed by atoms with Crippen LogP contribution < -0.4 is 5.32 Å². The summed E-state index contributed by atoms with van der Waals surface area (Å²) in [6.45, 7) is 2.88. The number of carbonyl (C=O) groups excluding carboxylic acids is 1. The van der Waals surface area contributed by atoms with Gasteiger partial charge in [0.25, 0.3) is 5.91 Å². The number of carbonyl (C=O) groups is 1. The first-order valence-corrected chi connectivity index (χ1v) is 12.7. The monoisotopic (exact) mass is 506 g/mol. The lowest BCUT2D eigenvalue weighted by Crippen LogP contribution is -2.32. The normalized spacial score (nSPS) is 14.7. The molecular formula is C27H24ClFN4OS. The Bertz CT molecular complexity index is 1300. The van der Waals surface area contributed by atoms with Crippen molar-refractivity contribution in [2.75, 3.05) is 18.4 Å². The maximum absolute atomic E-state index is 14.0. The lowest BCUT2D eigenvalue weighted by atomic mass is 9.97. The minimum Gasteiger partial charge on any atom is -0.320 e. The molecule has 0 saturated carbocycles. The molecule has 5 nitrogen and oxygen atoms in total. The van der Waals surface area contributed by atoms with Gasteiger partial charge < -0.3 is 5.32 Å². The zero-order valence-electron chi connectivity index (χ0n) is 19.0. The van der Waals surface area contributed by atoms with E-state index in [0.29, 0.717) is 27.9 Å². The third kappa shape index (κ3) is 5.75. The molecule has 1 N–H and O–H groups in total. The predicted octanol–water partition coefficient (Wildman–Crippen LogP) is 6.63. The molecule has 0 aliphatic carbocycles. The van der Waals surface area contributed by atoms with Crippen molar-refractivity contribution >= 4 is 34.5 Å². The number of thiazole rings is 1. The summed E-state index contributed by atoms with van der Waals surface area (Å²) in [4.78, 5) is 24.3. The number of halogens is 2. The van der Waals surface area contributed by atoms with E-state index in [9.17, 15) is 9.18 Å². The first-order valence-electron chi connectivity index (χ1n) is 11.5. The fraction of sp³-hybridized carbons (Fsp3) is 0.222. The molecule has 2 aromatic heterocycles. The van der Waals surface area contributed by atoms with E-state index in [1.807, 2.05) is 12.3 Å². The molecule has 1 saturated heterocycles. The van der Waals surface area contributed by atoms with Crippen molar-refractivity contribution in [3.8, 4) is 11.1 Å². The third-order valence-corrected chi connectivity index (χ3v) is 7.46. The smallest absolute Gasteiger partial charge is 0.275 e. The van der Waals surface area contributed by atoms with E-state index < -0.39 is 0 Å². The Morgan fingerprint density at radius 1 is 1.14 bits per heavy atom. The van der Waals surface area contributed by atoms with Crippen LogP contribution in [0.15, 0.2) is 72.4 Å². The zero-order chi connectivity index (χ0) is 24.2. The Balaban J connectivity index is 1.24. The van der Waals surface area contributed by atoms with Crippen molar-refractivity contribution < 1.29 is 9.18 Å². The van der Waals surface area contributed by atoms with Gasteiger partial charge in [0.05, 0.1) is 5.01 Å². The Morgan fingerprint density at radius 3 is 2.69 bits per heavy atom. The number of anilines is 1. The van der Waals surface area contributed by atoms with Gasteiger partial charge in [-0.25, -0.2) is 9.37 Å². The predicted molar refractivity (Wildman–Crippen MR) is 138 cm³/mol. The van der Waals surface area contributed by atoms with Crippen LogP contribution in [0.25, 0.3) is 11.1 Å². The van der Waals surface area contributed by atoms with Crippen molar-refractivity contribution in [1.82, 2.24) is 14.9 Å². The minimum atomic E-state index is -0.376. The van der Waals surface area contributed by atoms with Crippen LogP contribution >= 0.6 is 22.9 Å². The molecule has 1 aliphatic heterocycles. The summed E-state index contributed by atoms with van der Waals surface area (Å²) in [6.07, 6.45) is 5.72. The standard InChI is InChI=1S/C27H24ClFN4OS/c28-21-5-3-19(4-6-21)23-14-22(29)7-8-24(23)31-26(34)25-17-35-27(32-25)20-9-12-33(13-10-20)16-18-2-1-11-30-15-18/h1-8,11,14-15,17,20H,9-10,12-13,16H2,(H,31,34). The maximum atomic E-state index is 14.0. The number of aromatic nitrogens is 2. The lowest BCUT2D eigenvalue weighted by molar-refractivity contribution is 0.102. The first kappa shape index (κ1) is 23.6. The molecule has 0 radical (unpaired) electrons. The average Bonchev–Trinajstić information content (AvgIpc) is 3.37. The van der Waals surface area contributed by atoms with Crippen molar-refractivity contribution in [2.24, 2.45) is 0 Å². The van der Waals surface area contributed by atoms with E-state index in [1.54, 1.807) is 41.9 Å². The molecule has 1 amide bonds. The Morgan fingerprint density at radius 2 is 1.94 bits per heavy atom. The van der Waals surface area contributed by atoms with Gasteiger partial charge in [-0.2, -0.15) is 0 Å². The van der Waals surface area contributed by atoms with Crippen LogP contribution in [0.2, 0.25) is 5.02 Å². The number of rotatable bonds is 6. The Hall–Kier alpha value is -3.13. The highest BCUT2D eigenvalue weighted by Gasteiger charge is 2.24. The summed E-state index contributed by atoms with van der Waals surface area (Å²) in [7, 11) is 0. The number of hydrogen-bond donors (Lipinski definition) is 1. The molecule has 0 spiro atoms. The second-order valence-corrected chi connectivity index (χ2v) is 9.96. The fourth-order valence-corrected chi connectivity index (χ4v) is 5.44. The molecule has 1 fully saturated rings. The minimum absolute atomic E-state index is 0.302. The Kier molecular flexibility index (Phi) is 7.18. The van der Waals surface area contributed by atoms with Gasteiger partial charge in [0.1, 0.15) is 11.5 Å². The van der Waals surface area contributed by atoms with Crippen LogP contribution in [-0.2, 0) is 6.54 Å². The van der Waals surface area contributed by atoms with Gasteiger partial charge in [-0.3, -0.25) is 14.7 Å². The second kappa shape index (κ2) is 10.6. The number of nitrogens with one attached hydrogen (secondary N) is 1. The van der Waals surface area contributed by atoms with Crippen molar-refractivity contribution in [3.05, 3.63) is 99.5 Å². The van der Waals surface area contributed by atoms with Gasteiger partial charge >= 0.3 is 0 Å². The Labute approximate surface area is 212 Å². The SMILES string of the molecule is O=C(Nc1ccc(F)cc1-c1ccc(Cl)cc1)c1csc(C2CCN(Cc3cccnc3)CC2)n1. The highest BCUT2D eigenvalue weighted by molar-refractivity contribution is 7.10. The van der Waals surface area contributed by atoms with E-state index in [1.165, 1.54) is 29.0 Å². The highest BCUT2D eigenvalue weighted by Crippen LogP contribution is 2.33. The summed E-state index contributed by atoms with van der Waals surface area (Å²) in [5.41, 5.74) is 3.48. The molecule has 1 aliphatic rings. The van der Waals surface area contributed by atoms with E-state index in [4.69, 9.17) is 11.6 Å². The van der Waals surface area contributed by atoms with Crippen molar-refractivity contribution in [1.29, 1.82) is 0 Å². The molecule has 8 heteroatoms. The molecule has 178 valence electrons. The van der Waals surface area contributed by atoms with Gasteiger partial charge in [-0.15, -0.1) is 11.3 Å². The van der Waals surface area contributed by atoms with Gasteiger partial charge in [-0.05, 0) is 73.5 Å². The quantitative estimate of drug-likeness (QED) is 0.319. The summed E-state index contributed by atoms with van der Waals surface area (Å²) < 4.78 is 14.0. The van der Waals surface area contributed by atoms with Gasteiger partial charge in [0.15, 0.2) is 0 Å². The van der Waals surface area contributed by atoms with Crippen LogP contribution in [-0.4, -0.2) is 33.9 Å². The number of nitrogens with zero attached hydrogens (tertiary/aromatic N) is 3. The topological polar surface area (TPSA) is 58.1 Å². The maximum Gasteiger partial charge on any atom is 0.275 e. The molecular weight excluding hydrogens is 483 g/mol. The van der Waals surface area contributed by atoms with E-state index in [2.05, 4.69) is 26.3 Å². The van der Waals surface area contributed by atoms with E-state index in [-0.39, 0.29) is 11.7 Å². The molecule has 2 aromatic carbocycles. The molecule has 0 bridgehead atoms. The fourth-order valence-electron chi connectivity index (χ4n) is 4.35. The van der Waals surface area contributed by atoms with Crippen LogP contribution in [0.1, 0.15) is 39.8 Å². The number of benzene rings is 2. The van der Waals surface area contributed by atoms with Crippen LogP contribution in [0.3, 0.4) is 0 Å². The third-order valence-electron chi connectivity index (χ3n) is 6.21. The summed E-state index contributed by atoms with van der Waals surface area (Å²) in [5, 5.41) is 6.30. The van der Waals surface area contributed by atoms with Crippen LogP contribution in [0.5, 0.6) is 0 Å². The largest absolute Gasteiger partial charge is 0.320 e. The van der Waals surface area contributed by atoms with E-state index in [0.717, 1.165) is 43.0 Å². The second-order valence-electron chi connectivity index (χ2n) is 8.63. The average molecular weight is 507 g/mol. The number of hydrogen-bond acceptors (Lipinski definition) is 5. The first-order chi connectivity index (χ1) is 17.0. The highest BCUT2D eigenvalue weighted by atomic mass is 35.5. The van der Waals surface area contributed by atoms with Crippen molar-refractivity contribution in [3.63, 3.8) is 0 Å². The molecule has 3 heterocycles. The number of likely N-dealkylation sites (tertiary alicyclic amines) is 1. The summed E-state index contributed by atoms with van der Waals surface area (Å²) >= 11 is 7.52. The number of amides is 1. The molecule has 5 rings (SSSR count). The summed E-state index contributed by atoms with van der Waals surface area (Å²) in [5.74, 6) is -0.329. The van der Waals surface area contributed by atoms with Gasteiger partial charge in [0.2, 0.25) is 0 Å². The summed E-state index contributed by atoms with van der Waals surface area (Å²) in [6, 6.07) is 15.5. The molecule has 35 heavy (non-hydrogen) atoms. The molecule has 4 aromatic rings.